The average Bonchev–Trinajstić information content (AvgIpc) is 3.19. The lowest BCUT2D eigenvalue weighted by Crippen LogP contribution is -2.39. The van der Waals surface area contributed by atoms with Crippen molar-refractivity contribution in [1.82, 2.24) is 29.0 Å². The lowest BCUT2D eigenvalue weighted by molar-refractivity contribution is 0.0697. The summed E-state index contributed by atoms with van der Waals surface area (Å²) < 4.78 is 3.61. The largest absolute Gasteiger partial charge is 0.387 e. The number of imidazole rings is 1. The highest BCUT2D eigenvalue weighted by Crippen LogP contribution is 2.22. The monoisotopic (exact) mass is 340 g/mol. The number of aliphatic hydroxyl groups is 1. The number of amides is 1. The van der Waals surface area contributed by atoms with Crippen molar-refractivity contribution in [2.75, 3.05) is 6.54 Å². The van der Waals surface area contributed by atoms with Crippen LogP contribution in [0.4, 0.5) is 0 Å². The predicted molar refractivity (Wildman–Crippen MR) is 89.9 cm³/mol. The fraction of sp³-hybridized carbons (Fsp3) is 0.412. The quantitative estimate of drug-likeness (QED) is 0.777. The first kappa shape index (κ1) is 15.8. The van der Waals surface area contributed by atoms with Crippen LogP contribution in [0.25, 0.3) is 5.78 Å². The molecule has 8 nitrogen and oxygen atoms in total. The summed E-state index contributed by atoms with van der Waals surface area (Å²) >= 11 is 0. The summed E-state index contributed by atoms with van der Waals surface area (Å²) in [5.41, 5.74) is 2.82. The molecule has 0 aliphatic carbocycles. The zero-order valence-corrected chi connectivity index (χ0v) is 14.3. The van der Waals surface area contributed by atoms with Gasteiger partial charge >= 0.3 is 0 Å². The topological polar surface area (TPSA) is 88.5 Å². The van der Waals surface area contributed by atoms with E-state index in [1.54, 1.807) is 27.8 Å². The van der Waals surface area contributed by atoms with Gasteiger partial charge in [0.2, 0.25) is 5.78 Å². The lowest BCUT2D eigenvalue weighted by atomic mass is 10.2. The molecule has 0 bridgehead atoms. The molecular formula is C17H20N6O2. The zero-order chi connectivity index (χ0) is 17.6. The van der Waals surface area contributed by atoms with Crippen LogP contribution in [0.5, 0.6) is 0 Å². The summed E-state index contributed by atoms with van der Waals surface area (Å²) in [6.45, 7) is 5.40. The Morgan fingerprint density at radius 3 is 3.04 bits per heavy atom. The van der Waals surface area contributed by atoms with Crippen LogP contribution in [-0.4, -0.2) is 46.6 Å². The Morgan fingerprint density at radius 2 is 2.24 bits per heavy atom. The van der Waals surface area contributed by atoms with Gasteiger partial charge in [0.05, 0.1) is 36.3 Å². The number of rotatable bonds is 3. The lowest BCUT2D eigenvalue weighted by Gasteiger charge is -2.27. The van der Waals surface area contributed by atoms with Crippen LogP contribution in [-0.2, 0) is 13.1 Å². The number of hydrogen-bond donors (Lipinski definition) is 1. The van der Waals surface area contributed by atoms with Crippen molar-refractivity contribution in [3.63, 3.8) is 0 Å². The Kier molecular flexibility index (Phi) is 3.76. The maximum absolute atomic E-state index is 13.1. The molecule has 8 heteroatoms. The van der Waals surface area contributed by atoms with Crippen molar-refractivity contribution in [1.29, 1.82) is 0 Å². The molecular weight excluding hydrogens is 320 g/mol. The minimum atomic E-state index is -0.561. The molecule has 1 amide bonds. The molecule has 0 aromatic carbocycles. The number of carbonyl (C=O) groups excluding carboxylic acids is 1. The van der Waals surface area contributed by atoms with Crippen molar-refractivity contribution in [2.24, 2.45) is 0 Å². The summed E-state index contributed by atoms with van der Waals surface area (Å²) in [6, 6.07) is 3.67. The van der Waals surface area contributed by atoms with Gasteiger partial charge in [-0.2, -0.15) is 5.10 Å². The smallest absolute Gasteiger partial charge is 0.273 e. The van der Waals surface area contributed by atoms with E-state index in [2.05, 4.69) is 15.1 Å². The Hall–Kier alpha value is -2.74. The maximum Gasteiger partial charge on any atom is 0.273 e. The molecule has 0 radical (unpaired) electrons. The Balaban J connectivity index is 1.64. The number of aliphatic hydroxyl groups excluding tert-OH is 1. The van der Waals surface area contributed by atoms with Crippen molar-refractivity contribution in [2.45, 2.75) is 39.5 Å². The molecule has 1 aliphatic heterocycles. The van der Waals surface area contributed by atoms with Crippen molar-refractivity contribution < 1.29 is 9.90 Å². The number of aryl methyl sites for hydroxylation is 1. The second-order valence-corrected chi connectivity index (χ2v) is 6.27. The molecule has 1 N–H and O–H groups in total. The highest BCUT2D eigenvalue weighted by molar-refractivity contribution is 5.94. The van der Waals surface area contributed by atoms with Crippen LogP contribution >= 0.6 is 0 Å². The van der Waals surface area contributed by atoms with Crippen LogP contribution in [0.3, 0.4) is 0 Å². The minimum Gasteiger partial charge on any atom is -0.387 e. The molecule has 0 saturated heterocycles. The summed E-state index contributed by atoms with van der Waals surface area (Å²) in [5.74, 6) is 0.460. The fourth-order valence-electron chi connectivity index (χ4n) is 3.24. The van der Waals surface area contributed by atoms with Gasteiger partial charge in [0.1, 0.15) is 5.69 Å². The average molecular weight is 340 g/mol. The van der Waals surface area contributed by atoms with E-state index in [0.29, 0.717) is 48.9 Å². The van der Waals surface area contributed by atoms with Gasteiger partial charge in [-0.05, 0) is 25.5 Å². The van der Waals surface area contributed by atoms with Gasteiger partial charge in [0.25, 0.3) is 5.91 Å². The van der Waals surface area contributed by atoms with E-state index in [-0.39, 0.29) is 5.91 Å². The molecule has 3 aromatic heterocycles. The van der Waals surface area contributed by atoms with Crippen LogP contribution < -0.4 is 0 Å². The molecule has 4 rings (SSSR count). The first-order chi connectivity index (χ1) is 12.1. The van der Waals surface area contributed by atoms with Gasteiger partial charge in [0.15, 0.2) is 0 Å². The van der Waals surface area contributed by atoms with E-state index in [4.69, 9.17) is 0 Å². The molecule has 1 atom stereocenters. The molecule has 25 heavy (non-hydrogen) atoms. The highest BCUT2D eigenvalue weighted by Gasteiger charge is 2.27. The first-order valence-electron chi connectivity index (χ1n) is 8.42. The van der Waals surface area contributed by atoms with E-state index >= 15 is 0 Å². The molecule has 0 saturated carbocycles. The van der Waals surface area contributed by atoms with Gasteiger partial charge < -0.3 is 10.0 Å². The van der Waals surface area contributed by atoms with Gasteiger partial charge in [-0.3, -0.25) is 13.9 Å². The summed E-state index contributed by atoms with van der Waals surface area (Å²) in [5, 5.41) is 14.4. The molecule has 1 aliphatic rings. The van der Waals surface area contributed by atoms with E-state index in [1.165, 1.54) is 0 Å². The maximum atomic E-state index is 13.1. The SMILES string of the molecule is CC[C@@H](O)c1cc2n(n1)CCN(C(=O)c1c(C)nc3ncccn13)C2. The number of hydrogen-bond acceptors (Lipinski definition) is 5. The van der Waals surface area contributed by atoms with Gasteiger partial charge in [-0.15, -0.1) is 0 Å². The van der Waals surface area contributed by atoms with E-state index in [0.717, 1.165) is 5.69 Å². The predicted octanol–water partition coefficient (Wildman–Crippen LogP) is 1.33. The van der Waals surface area contributed by atoms with E-state index < -0.39 is 6.10 Å². The third kappa shape index (κ3) is 2.58. The summed E-state index contributed by atoms with van der Waals surface area (Å²) in [6.07, 6.45) is 3.53. The normalized spacial score (nSPS) is 15.4. The van der Waals surface area contributed by atoms with Crippen LogP contribution in [0, 0.1) is 6.92 Å². The Labute approximate surface area is 144 Å². The van der Waals surface area contributed by atoms with E-state index in [1.807, 2.05) is 24.6 Å². The molecule has 0 spiro atoms. The van der Waals surface area contributed by atoms with Gasteiger partial charge in [-0.25, -0.2) is 9.97 Å². The fourth-order valence-corrected chi connectivity index (χ4v) is 3.24. The molecule has 4 heterocycles. The highest BCUT2D eigenvalue weighted by atomic mass is 16.3. The number of carbonyl (C=O) groups is 1. The number of aromatic nitrogens is 5. The minimum absolute atomic E-state index is 0.0666. The third-order valence-electron chi connectivity index (χ3n) is 4.61. The number of fused-ring (bicyclic) bond motifs is 2. The summed E-state index contributed by atoms with van der Waals surface area (Å²) in [4.78, 5) is 23.4. The van der Waals surface area contributed by atoms with Crippen LogP contribution in [0.2, 0.25) is 0 Å². The third-order valence-corrected chi connectivity index (χ3v) is 4.61. The first-order valence-corrected chi connectivity index (χ1v) is 8.42. The Morgan fingerprint density at radius 1 is 1.40 bits per heavy atom. The van der Waals surface area contributed by atoms with Gasteiger partial charge in [0, 0.05) is 18.9 Å². The zero-order valence-electron chi connectivity index (χ0n) is 14.3. The number of nitrogens with zero attached hydrogens (tertiary/aromatic N) is 6. The summed E-state index contributed by atoms with van der Waals surface area (Å²) in [7, 11) is 0. The van der Waals surface area contributed by atoms with E-state index in [9.17, 15) is 9.90 Å². The van der Waals surface area contributed by atoms with Gasteiger partial charge in [-0.1, -0.05) is 6.92 Å². The molecule has 130 valence electrons. The standard InChI is InChI=1S/C17H20N6O2/c1-3-14(24)13-9-12-10-21(7-8-23(12)20-13)16(25)15-11(2)19-17-18-5-4-6-22(15)17/h4-6,9,14,24H,3,7-8,10H2,1-2H3/t14-/m1/s1. The second-order valence-electron chi connectivity index (χ2n) is 6.27. The van der Waals surface area contributed by atoms with Crippen molar-refractivity contribution >= 4 is 11.7 Å². The Bertz CT molecular complexity index is 944. The van der Waals surface area contributed by atoms with Crippen LogP contribution in [0.15, 0.2) is 24.5 Å². The molecule has 0 fully saturated rings. The molecule has 3 aromatic rings. The van der Waals surface area contributed by atoms with Crippen LogP contribution in [0.1, 0.15) is 47.0 Å². The molecule has 0 unspecified atom stereocenters. The van der Waals surface area contributed by atoms with Crippen molar-refractivity contribution in [3.8, 4) is 0 Å². The second kappa shape index (κ2) is 5.96. The van der Waals surface area contributed by atoms with Crippen molar-refractivity contribution in [3.05, 3.63) is 47.3 Å².